The minimum absolute atomic E-state index is 0.0604. The van der Waals surface area contributed by atoms with Crippen molar-refractivity contribution in [1.29, 1.82) is 0 Å². The highest BCUT2D eigenvalue weighted by molar-refractivity contribution is 8.00. The second-order valence-electron chi connectivity index (χ2n) is 5.34. The molecular formula is C17H17FN4OS. The quantitative estimate of drug-likeness (QED) is 0.699. The van der Waals surface area contributed by atoms with Crippen molar-refractivity contribution in [3.05, 3.63) is 60.0 Å². The van der Waals surface area contributed by atoms with E-state index in [1.165, 1.54) is 23.9 Å². The Morgan fingerprint density at radius 3 is 2.83 bits per heavy atom. The third-order valence-electron chi connectivity index (χ3n) is 3.56. The summed E-state index contributed by atoms with van der Waals surface area (Å²) in [6.07, 6.45) is 2.54. The van der Waals surface area contributed by atoms with Crippen LogP contribution in [-0.2, 0) is 11.2 Å². The van der Waals surface area contributed by atoms with Crippen molar-refractivity contribution in [2.45, 2.75) is 23.8 Å². The molecule has 7 heteroatoms. The summed E-state index contributed by atoms with van der Waals surface area (Å²) in [6, 6.07) is 11.9. The van der Waals surface area contributed by atoms with E-state index in [2.05, 4.69) is 15.5 Å². The van der Waals surface area contributed by atoms with Crippen molar-refractivity contribution in [3.63, 3.8) is 0 Å². The Labute approximate surface area is 143 Å². The Kier molecular flexibility index (Phi) is 5.10. The number of nitrogens with one attached hydrogen (secondary N) is 1. The Morgan fingerprint density at radius 1 is 1.25 bits per heavy atom. The van der Waals surface area contributed by atoms with Gasteiger partial charge in [-0.25, -0.2) is 4.39 Å². The summed E-state index contributed by atoms with van der Waals surface area (Å²) in [5, 5.41) is 11.5. The number of rotatable bonds is 6. The second-order valence-corrected chi connectivity index (χ2v) is 6.65. The second kappa shape index (κ2) is 7.44. The lowest BCUT2D eigenvalue weighted by Gasteiger charge is -2.11. The van der Waals surface area contributed by atoms with Crippen molar-refractivity contribution < 1.29 is 9.18 Å². The molecule has 0 aliphatic rings. The zero-order valence-corrected chi connectivity index (χ0v) is 14.0. The summed E-state index contributed by atoms with van der Waals surface area (Å²) in [6.45, 7) is 2.35. The molecule has 0 bridgehead atoms. The lowest BCUT2D eigenvalue weighted by molar-refractivity contribution is -0.120. The van der Waals surface area contributed by atoms with E-state index in [0.717, 1.165) is 11.2 Å². The first-order valence-electron chi connectivity index (χ1n) is 7.62. The lowest BCUT2D eigenvalue weighted by Crippen LogP contribution is -2.32. The summed E-state index contributed by atoms with van der Waals surface area (Å²) in [5.41, 5.74) is 1.74. The number of aromatic nitrogens is 3. The van der Waals surface area contributed by atoms with Gasteiger partial charge in [0.1, 0.15) is 5.82 Å². The Balaban J connectivity index is 1.52. The summed E-state index contributed by atoms with van der Waals surface area (Å²) in [4.78, 5) is 12.2. The normalized spacial score (nSPS) is 12.2. The Hall–Kier alpha value is -2.41. The van der Waals surface area contributed by atoms with Crippen molar-refractivity contribution in [2.24, 2.45) is 0 Å². The topological polar surface area (TPSA) is 59.3 Å². The Morgan fingerprint density at radius 2 is 2.04 bits per heavy atom. The van der Waals surface area contributed by atoms with E-state index in [4.69, 9.17) is 0 Å². The van der Waals surface area contributed by atoms with E-state index in [-0.39, 0.29) is 17.0 Å². The molecule has 0 spiro atoms. The molecule has 0 fully saturated rings. The number of carbonyl (C=O) groups excluding carboxylic acids is 1. The molecule has 124 valence electrons. The Bertz CT molecular complexity index is 834. The first-order chi connectivity index (χ1) is 11.6. The molecule has 0 aliphatic heterocycles. The van der Waals surface area contributed by atoms with Gasteiger partial charge in [0.2, 0.25) is 5.91 Å². The highest BCUT2D eigenvalue weighted by atomic mass is 32.2. The average Bonchev–Trinajstić information content (AvgIpc) is 3.00. The van der Waals surface area contributed by atoms with Crippen molar-refractivity contribution in [2.75, 3.05) is 6.54 Å². The average molecular weight is 344 g/mol. The molecule has 1 atom stereocenters. The van der Waals surface area contributed by atoms with Crippen molar-refractivity contribution >= 4 is 23.3 Å². The third-order valence-corrected chi connectivity index (χ3v) is 4.62. The maximum Gasteiger partial charge on any atom is 0.233 e. The van der Waals surface area contributed by atoms with Gasteiger partial charge in [-0.3, -0.25) is 9.20 Å². The number of halogens is 1. The zero-order valence-electron chi connectivity index (χ0n) is 13.1. The number of hydrogen-bond acceptors (Lipinski definition) is 4. The number of nitrogens with zero attached hydrogens (tertiary/aromatic N) is 3. The molecule has 0 aliphatic carbocycles. The summed E-state index contributed by atoms with van der Waals surface area (Å²) in [7, 11) is 0. The van der Waals surface area contributed by atoms with Gasteiger partial charge in [0.15, 0.2) is 10.8 Å². The smallest absolute Gasteiger partial charge is 0.233 e. The van der Waals surface area contributed by atoms with E-state index in [1.807, 2.05) is 35.7 Å². The standard InChI is InChI=1S/C17H17FN4OS/c1-12(24-17-21-20-15-4-2-3-11-22(15)17)16(23)19-10-9-13-5-7-14(18)8-6-13/h2-8,11-12H,9-10H2,1H3,(H,19,23)/t12-/m1/s1. The molecule has 1 amide bonds. The number of amides is 1. The fourth-order valence-electron chi connectivity index (χ4n) is 2.24. The minimum atomic E-state index is -0.286. The van der Waals surface area contributed by atoms with E-state index in [0.29, 0.717) is 18.1 Å². The number of carbonyl (C=O) groups is 1. The summed E-state index contributed by atoms with van der Waals surface area (Å²) in [5.74, 6) is -0.317. The predicted octanol–water partition coefficient (Wildman–Crippen LogP) is 2.71. The van der Waals surface area contributed by atoms with E-state index >= 15 is 0 Å². The van der Waals surface area contributed by atoms with Crippen LogP contribution >= 0.6 is 11.8 Å². The van der Waals surface area contributed by atoms with Gasteiger partial charge in [0.05, 0.1) is 5.25 Å². The van der Waals surface area contributed by atoms with Crippen LogP contribution in [0.2, 0.25) is 0 Å². The van der Waals surface area contributed by atoms with Gasteiger partial charge in [-0.2, -0.15) is 0 Å². The van der Waals surface area contributed by atoms with Gasteiger partial charge in [-0.1, -0.05) is 30.0 Å². The van der Waals surface area contributed by atoms with E-state index < -0.39 is 0 Å². The zero-order chi connectivity index (χ0) is 16.9. The van der Waals surface area contributed by atoms with Crippen LogP contribution in [0.1, 0.15) is 12.5 Å². The van der Waals surface area contributed by atoms with Gasteiger partial charge in [-0.15, -0.1) is 10.2 Å². The molecule has 24 heavy (non-hydrogen) atoms. The van der Waals surface area contributed by atoms with Gasteiger partial charge in [-0.05, 0) is 43.2 Å². The molecule has 3 rings (SSSR count). The molecule has 0 radical (unpaired) electrons. The molecule has 0 unspecified atom stereocenters. The molecule has 0 saturated carbocycles. The highest BCUT2D eigenvalue weighted by Crippen LogP contribution is 2.21. The number of benzene rings is 1. The molecular weight excluding hydrogens is 327 g/mol. The van der Waals surface area contributed by atoms with Crippen molar-refractivity contribution in [3.8, 4) is 0 Å². The molecule has 5 nitrogen and oxygen atoms in total. The SMILES string of the molecule is C[C@@H](Sc1nnc2ccccn12)C(=O)NCCc1ccc(F)cc1. The number of pyridine rings is 1. The largest absolute Gasteiger partial charge is 0.355 e. The molecule has 3 aromatic rings. The fourth-order valence-corrected chi connectivity index (χ4v) is 3.10. The van der Waals surface area contributed by atoms with Crippen LogP contribution in [0.3, 0.4) is 0 Å². The number of hydrogen-bond donors (Lipinski definition) is 1. The van der Waals surface area contributed by atoms with Crippen LogP contribution < -0.4 is 5.32 Å². The molecule has 1 N–H and O–H groups in total. The lowest BCUT2D eigenvalue weighted by atomic mass is 10.1. The van der Waals surface area contributed by atoms with Gasteiger partial charge in [0, 0.05) is 12.7 Å². The van der Waals surface area contributed by atoms with E-state index in [9.17, 15) is 9.18 Å². The summed E-state index contributed by atoms with van der Waals surface area (Å²) >= 11 is 1.36. The van der Waals surface area contributed by atoms with Crippen LogP contribution in [-0.4, -0.2) is 32.3 Å². The molecule has 2 aromatic heterocycles. The van der Waals surface area contributed by atoms with Gasteiger partial charge in [0.25, 0.3) is 0 Å². The van der Waals surface area contributed by atoms with E-state index in [1.54, 1.807) is 12.1 Å². The summed E-state index contributed by atoms with van der Waals surface area (Å²) < 4.78 is 14.7. The fraction of sp³-hybridized carbons (Fsp3) is 0.235. The van der Waals surface area contributed by atoms with Crippen molar-refractivity contribution in [1.82, 2.24) is 19.9 Å². The minimum Gasteiger partial charge on any atom is -0.355 e. The van der Waals surface area contributed by atoms with Gasteiger partial charge >= 0.3 is 0 Å². The molecule has 0 saturated heterocycles. The van der Waals surface area contributed by atoms with Gasteiger partial charge < -0.3 is 5.32 Å². The number of thioether (sulfide) groups is 1. The first-order valence-corrected chi connectivity index (χ1v) is 8.50. The highest BCUT2D eigenvalue weighted by Gasteiger charge is 2.17. The molecule has 1 aromatic carbocycles. The van der Waals surface area contributed by atoms with Crippen LogP contribution in [0.4, 0.5) is 4.39 Å². The molecule has 2 heterocycles. The predicted molar refractivity (Wildman–Crippen MR) is 91.4 cm³/mol. The van der Waals surface area contributed by atoms with Crippen LogP contribution in [0.25, 0.3) is 5.65 Å². The van der Waals surface area contributed by atoms with Crippen LogP contribution in [0.5, 0.6) is 0 Å². The van der Waals surface area contributed by atoms with Crippen LogP contribution in [0, 0.1) is 5.82 Å². The first kappa shape index (κ1) is 16.4. The maximum absolute atomic E-state index is 12.8. The monoisotopic (exact) mass is 344 g/mol. The third kappa shape index (κ3) is 3.91. The maximum atomic E-state index is 12.8. The van der Waals surface area contributed by atoms with Crippen LogP contribution in [0.15, 0.2) is 53.8 Å². The number of fused-ring (bicyclic) bond motifs is 1.